The summed E-state index contributed by atoms with van der Waals surface area (Å²) in [7, 11) is 0. The number of aromatic carboxylic acids is 2. The quantitative estimate of drug-likeness (QED) is 0.161. The highest BCUT2D eigenvalue weighted by Crippen LogP contribution is 2.34. The van der Waals surface area contributed by atoms with Gasteiger partial charge in [0.1, 0.15) is 5.60 Å². The van der Waals surface area contributed by atoms with Crippen molar-refractivity contribution >= 4 is 11.9 Å². The number of aromatic amines is 2. The lowest BCUT2D eigenvalue weighted by atomic mass is 9.82. The summed E-state index contributed by atoms with van der Waals surface area (Å²) in [6.45, 7) is -1.97. The summed E-state index contributed by atoms with van der Waals surface area (Å²) >= 11 is 0. The number of aromatic nitrogens is 3. The number of hydrogen-bond donors (Lipinski definition) is 9. The van der Waals surface area contributed by atoms with Gasteiger partial charge in [0.2, 0.25) is 0 Å². The van der Waals surface area contributed by atoms with E-state index in [4.69, 9.17) is 25.5 Å². The number of carbonyl (C=O) groups is 2. The molecule has 34 heavy (non-hydrogen) atoms. The number of benzene rings is 1. The summed E-state index contributed by atoms with van der Waals surface area (Å²) in [6, 6.07) is 5.02. The van der Waals surface area contributed by atoms with Gasteiger partial charge in [-0.3, -0.25) is 9.97 Å². The summed E-state index contributed by atoms with van der Waals surface area (Å²) in [4.78, 5) is 58.9. The maximum absolute atomic E-state index is 11.8. The molecule has 0 radical (unpaired) electrons. The molecule has 15 nitrogen and oxygen atoms in total. The van der Waals surface area contributed by atoms with Crippen LogP contribution < -0.4 is 17.1 Å². The molecule has 0 aliphatic heterocycles. The fraction of sp³-hybridized carbons (Fsp3) is 0.421. The molecule has 188 valence electrons. The Morgan fingerprint density at radius 3 is 1.38 bits per heavy atom. The van der Waals surface area contributed by atoms with Crippen molar-refractivity contribution in [2.24, 2.45) is 0 Å². The molecule has 0 saturated heterocycles. The third-order valence-corrected chi connectivity index (χ3v) is 4.85. The molecule has 0 bridgehead atoms. The predicted octanol–water partition coefficient (Wildman–Crippen LogP) is -3.17. The average Bonchev–Trinajstić information content (AvgIpc) is 2.74. The van der Waals surface area contributed by atoms with Gasteiger partial charge in [-0.1, -0.05) is 0 Å². The molecule has 0 spiro atoms. The number of rotatable bonds is 10. The summed E-state index contributed by atoms with van der Waals surface area (Å²) in [5.74, 6) is -2.13. The minimum absolute atomic E-state index is 0.0833. The van der Waals surface area contributed by atoms with Crippen molar-refractivity contribution in [1.82, 2.24) is 14.5 Å². The number of nitrogens with one attached hydrogen (secondary N) is 2. The Balaban J connectivity index is 0.000000404. The van der Waals surface area contributed by atoms with E-state index in [1.165, 1.54) is 24.3 Å². The molecule has 0 aliphatic rings. The fourth-order valence-electron chi connectivity index (χ4n) is 3.12. The van der Waals surface area contributed by atoms with E-state index in [-0.39, 0.29) is 15.7 Å². The molecule has 0 saturated carbocycles. The maximum Gasteiger partial charge on any atom is 0.336 e. The zero-order valence-corrected chi connectivity index (χ0v) is 17.7. The van der Waals surface area contributed by atoms with E-state index in [2.05, 4.69) is 0 Å². The number of aliphatic hydroxyl groups is 5. The van der Waals surface area contributed by atoms with Crippen LogP contribution in [0.25, 0.3) is 0 Å². The second-order valence-corrected chi connectivity index (χ2v) is 6.98. The van der Waals surface area contributed by atoms with Crippen LogP contribution in [-0.2, 0) is 5.72 Å². The van der Waals surface area contributed by atoms with Crippen molar-refractivity contribution in [3.63, 3.8) is 0 Å². The van der Waals surface area contributed by atoms with Gasteiger partial charge in [0.15, 0.2) is 5.72 Å². The van der Waals surface area contributed by atoms with Crippen LogP contribution in [0.3, 0.4) is 0 Å². The summed E-state index contributed by atoms with van der Waals surface area (Å²) < 4.78 is 0.149. The minimum Gasteiger partial charge on any atom is -0.478 e. The van der Waals surface area contributed by atoms with Crippen molar-refractivity contribution in [2.45, 2.75) is 30.6 Å². The Hall–Kier alpha value is -3.63. The first kappa shape index (κ1) is 28.4. The van der Waals surface area contributed by atoms with E-state index in [1.54, 1.807) is 9.97 Å². The molecule has 0 amide bonds. The van der Waals surface area contributed by atoms with Crippen molar-refractivity contribution in [2.75, 3.05) is 19.8 Å². The highest BCUT2D eigenvalue weighted by atomic mass is 16.4. The SMILES string of the molecule is O=C(O)c1ccc(C(=O)O)cc1.O=c1[nH]c(=O)n(C(O)(CCO)C(O)(CCO)CCO)c(=O)[nH]1. The molecular weight excluding hydrogens is 462 g/mol. The molecule has 1 heterocycles. The molecule has 2 aromatic rings. The van der Waals surface area contributed by atoms with Crippen molar-refractivity contribution in [1.29, 1.82) is 0 Å². The number of carboxylic acids is 2. The lowest BCUT2D eigenvalue weighted by molar-refractivity contribution is -0.227. The fourth-order valence-corrected chi connectivity index (χ4v) is 3.12. The van der Waals surface area contributed by atoms with Crippen molar-refractivity contribution in [3.05, 3.63) is 66.8 Å². The second kappa shape index (κ2) is 12.0. The van der Waals surface area contributed by atoms with Gasteiger partial charge in [-0.15, -0.1) is 0 Å². The van der Waals surface area contributed by atoms with E-state index in [0.717, 1.165) is 0 Å². The number of carboxylic acid groups (broad SMARTS) is 2. The van der Waals surface area contributed by atoms with Gasteiger partial charge in [0, 0.05) is 39.1 Å². The van der Waals surface area contributed by atoms with Crippen molar-refractivity contribution in [3.8, 4) is 0 Å². The Bertz CT molecular complexity index is 1080. The Morgan fingerprint density at radius 2 is 1.09 bits per heavy atom. The lowest BCUT2D eigenvalue weighted by Gasteiger charge is -2.43. The van der Waals surface area contributed by atoms with Crippen LogP contribution in [0.4, 0.5) is 0 Å². The van der Waals surface area contributed by atoms with Gasteiger partial charge in [-0.05, 0) is 24.3 Å². The molecule has 1 unspecified atom stereocenters. The van der Waals surface area contributed by atoms with Crippen LogP contribution in [0.1, 0.15) is 40.0 Å². The van der Waals surface area contributed by atoms with Gasteiger partial charge in [0.25, 0.3) is 0 Å². The van der Waals surface area contributed by atoms with Crippen LogP contribution in [-0.4, -0.2) is 87.6 Å². The highest BCUT2D eigenvalue weighted by Gasteiger charge is 2.51. The van der Waals surface area contributed by atoms with E-state index in [0.29, 0.717) is 0 Å². The largest absolute Gasteiger partial charge is 0.478 e. The van der Waals surface area contributed by atoms with Crippen LogP contribution in [0.15, 0.2) is 38.6 Å². The van der Waals surface area contributed by atoms with Gasteiger partial charge in [0.05, 0.1) is 11.1 Å². The van der Waals surface area contributed by atoms with Gasteiger partial charge in [-0.2, -0.15) is 0 Å². The van der Waals surface area contributed by atoms with Gasteiger partial charge < -0.3 is 35.7 Å². The number of aliphatic hydroxyl groups excluding tert-OH is 3. The van der Waals surface area contributed by atoms with E-state index < -0.39 is 79.4 Å². The van der Waals surface area contributed by atoms with Gasteiger partial charge in [-0.25, -0.2) is 28.5 Å². The Labute approximate surface area is 189 Å². The molecule has 2 rings (SSSR count). The lowest BCUT2D eigenvalue weighted by Crippen LogP contribution is -2.65. The monoisotopic (exact) mass is 487 g/mol. The first-order valence-corrected chi connectivity index (χ1v) is 9.67. The second-order valence-electron chi connectivity index (χ2n) is 6.98. The smallest absolute Gasteiger partial charge is 0.336 e. The van der Waals surface area contributed by atoms with Crippen molar-refractivity contribution < 1.29 is 45.3 Å². The van der Waals surface area contributed by atoms with E-state index in [1.807, 2.05) is 0 Å². The predicted molar refractivity (Wildman–Crippen MR) is 113 cm³/mol. The molecule has 1 atom stereocenters. The highest BCUT2D eigenvalue weighted by molar-refractivity contribution is 5.91. The molecular formula is C19H25N3O12. The Morgan fingerprint density at radius 1 is 0.735 bits per heavy atom. The summed E-state index contributed by atoms with van der Waals surface area (Å²) in [5, 5.41) is 65.4. The standard InChI is InChI=1S/C11H19N3O8.C8H6O4/c15-4-1-10(21,2-5-16)11(22,3-6-17)14-8(19)12-7(18)13-9(14)20;9-7(10)5-1-2-6(4-3-5)8(11)12/h15-17,21-22H,1-6H2,(H2,12,13,18,19,20);1-4H,(H,9,10)(H,11,12). The maximum atomic E-state index is 11.8. The number of H-pyrrole nitrogens is 2. The first-order chi connectivity index (χ1) is 15.9. The normalized spacial score (nSPS) is 12.9. The van der Waals surface area contributed by atoms with Gasteiger partial charge >= 0.3 is 29.0 Å². The van der Waals surface area contributed by atoms with Crippen LogP contribution in [0.2, 0.25) is 0 Å². The van der Waals surface area contributed by atoms with Crippen LogP contribution in [0, 0.1) is 0 Å². The van der Waals surface area contributed by atoms with Crippen LogP contribution >= 0.6 is 0 Å². The first-order valence-electron chi connectivity index (χ1n) is 9.67. The molecule has 15 heteroatoms. The summed E-state index contributed by atoms with van der Waals surface area (Å²) in [5.41, 5.74) is -8.50. The Kier molecular flexibility index (Phi) is 10.0. The molecule has 0 fully saturated rings. The minimum atomic E-state index is -2.65. The average molecular weight is 487 g/mol. The third-order valence-electron chi connectivity index (χ3n) is 4.85. The molecule has 0 aliphatic carbocycles. The summed E-state index contributed by atoms with van der Waals surface area (Å²) in [6.07, 6.45) is -1.64. The zero-order valence-electron chi connectivity index (χ0n) is 17.7. The zero-order chi connectivity index (χ0) is 26.1. The molecule has 1 aromatic carbocycles. The topological polar surface area (TPSA) is 263 Å². The molecule has 1 aromatic heterocycles. The number of hydrogen-bond acceptors (Lipinski definition) is 10. The number of nitrogens with zero attached hydrogens (tertiary/aromatic N) is 1. The van der Waals surface area contributed by atoms with Crippen LogP contribution in [0.5, 0.6) is 0 Å². The third kappa shape index (κ3) is 6.46. The van der Waals surface area contributed by atoms with E-state index >= 15 is 0 Å². The molecule has 9 N–H and O–H groups in total. The van der Waals surface area contributed by atoms with E-state index in [9.17, 15) is 34.2 Å².